The van der Waals surface area contributed by atoms with Gasteiger partial charge in [-0.25, -0.2) is 0 Å². The predicted molar refractivity (Wildman–Crippen MR) is 27.6 cm³/mol. The summed E-state index contributed by atoms with van der Waals surface area (Å²) in [5.41, 5.74) is 0.201. The number of nitrogens with zero attached hydrogens (tertiary/aromatic N) is 2. The minimum absolute atomic E-state index is 0.201. The number of hydrogen-bond acceptors (Lipinski definition) is 2. The van der Waals surface area contributed by atoms with Crippen LogP contribution in [0.3, 0.4) is 0 Å². The Labute approximate surface area is 51.0 Å². The third kappa shape index (κ3) is 0.869. The van der Waals surface area contributed by atoms with E-state index in [4.69, 9.17) is 11.6 Å². The summed E-state index contributed by atoms with van der Waals surface area (Å²) in [6, 6.07) is 0. The standard InChI is InChI=1S/C4H2ClN2O/c5-4(8)3-1-2-6-7-3/h1-2H. The van der Waals surface area contributed by atoms with Crippen LogP contribution in [-0.4, -0.2) is 0 Å². The van der Waals surface area contributed by atoms with Gasteiger partial charge >= 0.3 is 0 Å². The Balaban J connectivity index is 2.90. The molecule has 1 radical (unpaired) electrons. The molecule has 8 heavy (non-hydrogen) atoms. The van der Waals surface area contributed by atoms with Gasteiger partial charge in [0.2, 0.25) is 0 Å². The quantitative estimate of drug-likeness (QED) is 0.448. The van der Waals surface area contributed by atoms with Crippen molar-refractivity contribution in [1.29, 1.82) is 0 Å². The van der Waals surface area contributed by atoms with Crippen LogP contribution in [0.5, 0.6) is 0 Å². The average molecular weight is 130 g/mol. The summed E-state index contributed by atoms with van der Waals surface area (Å²) < 4.78 is 0. The molecule has 0 bridgehead atoms. The van der Waals surface area contributed by atoms with E-state index < -0.39 is 5.22 Å². The lowest BCUT2D eigenvalue weighted by Crippen LogP contribution is -1.68. The molecule has 0 aliphatic carbocycles. The monoisotopic (exact) mass is 129 g/mol. The summed E-state index contributed by atoms with van der Waals surface area (Å²) in [7, 11) is 0. The van der Waals surface area contributed by atoms with Crippen molar-refractivity contribution in [3.05, 3.63) is 23.2 Å². The van der Waals surface area contributed by atoms with Crippen LogP contribution in [0, 0.1) is 0 Å². The third-order valence-corrected chi connectivity index (χ3v) is 0.860. The highest BCUT2D eigenvalue weighted by Gasteiger charge is 2.01. The van der Waals surface area contributed by atoms with E-state index in [1.54, 1.807) is 0 Å². The molecule has 4 heteroatoms. The second-order valence-electron chi connectivity index (χ2n) is 1.19. The van der Waals surface area contributed by atoms with Crippen molar-refractivity contribution in [3.8, 4) is 0 Å². The van der Waals surface area contributed by atoms with Gasteiger partial charge in [-0.3, -0.25) is 5.11 Å². The highest BCUT2D eigenvalue weighted by molar-refractivity contribution is 6.28. The fraction of sp³-hybridized carbons (Fsp3) is 0. The van der Waals surface area contributed by atoms with Gasteiger partial charge in [0.05, 0.1) is 6.20 Å². The summed E-state index contributed by atoms with van der Waals surface area (Å²) in [6.07, 6.45) is 2.87. The minimum atomic E-state index is -0.567. The van der Waals surface area contributed by atoms with Gasteiger partial charge in [-0.05, 0) is 17.7 Å². The van der Waals surface area contributed by atoms with Crippen molar-refractivity contribution >= 4 is 11.6 Å². The van der Waals surface area contributed by atoms with Gasteiger partial charge in [0, 0.05) is 0 Å². The zero-order valence-electron chi connectivity index (χ0n) is 3.84. The maximum atomic E-state index is 10.2. The van der Waals surface area contributed by atoms with Crippen molar-refractivity contribution in [1.82, 2.24) is 0 Å². The van der Waals surface area contributed by atoms with E-state index >= 15 is 0 Å². The minimum Gasteiger partial charge on any atom is -0.274 e. The van der Waals surface area contributed by atoms with Crippen LogP contribution in [-0.2, 0) is 5.11 Å². The molecule has 0 atom stereocenters. The molecule has 1 rings (SSSR count). The Morgan fingerprint density at radius 1 is 1.75 bits per heavy atom. The van der Waals surface area contributed by atoms with E-state index in [1.165, 1.54) is 12.3 Å². The maximum Gasteiger partial charge on any atom is 0.272 e. The SMILES string of the molecule is [O]C(Cl)=C1C=CN=N1. The predicted octanol–water partition coefficient (Wildman–Crippen LogP) is 1.80. The number of halogens is 1. The van der Waals surface area contributed by atoms with Gasteiger partial charge in [0.1, 0.15) is 5.70 Å². The number of allylic oxidation sites excluding steroid dienone is 1. The van der Waals surface area contributed by atoms with Crippen LogP contribution < -0.4 is 0 Å². The fourth-order valence-corrected chi connectivity index (χ4v) is 0.438. The van der Waals surface area contributed by atoms with Crippen LogP contribution in [0.15, 0.2) is 33.4 Å². The highest BCUT2D eigenvalue weighted by Crippen LogP contribution is 2.14. The fourth-order valence-electron chi connectivity index (χ4n) is 0.338. The molecular weight excluding hydrogens is 128 g/mol. The second kappa shape index (κ2) is 1.96. The Kier molecular flexibility index (Phi) is 1.30. The molecule has 0 aromatic carbocycles. The van der Waals surface area contributed by atoms with Crippen LogP contribution in [0.4, 0.5) is 0 Å². The molecule has 0 saturated carbocycles. The molecule has 0 unspecified atom stereocenters. The first kappa shape index (κ1) is 5.31. The first-order valence-electron chi connectivity index (χ1n) is 1.95. The second-order valence-corrected chi connectivity index (χ2v) is 1.53. The molecule has 1 aliphatic rings. The van der Waals surface area contributed by atoms with Crippen molar-refractivity contribution in [2.24, 2.45) is 10.2 Å². The maximum absolute atomic E-state index is 10.2. The van der Waals surface area contributed by atoms with Crippen LogP contribution in [0.2, 0.25) is 0 Å². The number of azo groups is 1. The zero-order chi connectivity index (χ0) is 5.98. The van der Waals surface area contributed by atoms with E-state index in [-0.39, 0.29) is 5.70 Å². The molecule has 0 fully saturated rings. The molecule has 41 valence electrons. The zero-order valence-corrected chi connectivity index (χ0v) is 4.59. The summed E-state index contributed by atoms with van der Waals surface area (Å²) in [4.78, 5) is 0. The lowest BCUT2D eigenvalue weighted by molar-refractivity contribution is 0.328. The van der Waals surface area contributed by atoms with Gasteiger partial charge in [-0.2, -0.15) is 5.11 Å². The van der Waals surface area contributed by atoms with Crippen molar-refractivity contribution in [2.45, 2.75) is 0 Å². The number of hydrogen-bond donors (Lipinski definition) is 0. The van der Waals surface area contributed by atoms with E-state index in [2.05, 4.69) is 10.2 Å². The van der Waals surface area contributed by atoms with Crippen molar-refractivity contribution in [2.75, 3.05) is 0 Å². The summed E-state index contributed by atoms with van der Waals surface area (Å²) in [5, 5.41) is 16.4. The van der Waals surface area contributed by atoms with Gasteiger partial charge in [-0.1, -0.05) is 0 Å². The summed E-state index contributed by atoms with van der Waals surface area (Å²) in [5.74, 6) is 0. The van der Waals surface area contributed by atoms with Gasteiger partial charge in [0.15, 0.2) is 0 Å². The smallest absolute Gasteiger partial charge is 0.272 e. The topological polar surface area (TPSA) is 44.6 Å². The molecule has 0 N–H and O–H groups in total. The Morgan fingerprint density at radius 3 is 2.75 bits per heavy atom. The van der Waals surface area contributed by atoms with Crippen molar-refractivity contribution in [3.63, 3.8) is 0 Å². The van der Waals surface area contributed by atoms with Crippen molar-refractivity contribution < 1.29 is 5.11 Å². The van der Waals surface area contributed by atoms with Crippen LogP contribution in [0.25, 0.3) is 0 Å². The van der Waals surface area contributed by atoms with E-state index in [0.29, 0.717) is 0 Å². The Bertz CT molecular complexity index is 164. The molecule has 0 aromatic heterocycles. The van der Waals surface area contributed by atoms with E-state index in [1.807, 2.05) is 0 Å². The molecule has 0 spiro atoms. The largest absolute Gasteiger partial charge is 0.274 e. The molecule has 0 amide bonds. The molecule has 1 aliphatic heterocycles. The normalized spacial score (nSPS) is 22.1. The van der Waals surface area contributed by atoms with E-state index in [0.717, 1.165) is 0 Å². The van der Waals surface area contributed by atoms with Crippen LogP contribution in [0.1, 0.15) is 0 Å². The molecule has 0 aromatic rings. The molecule has 1 heterocycles. The lowest BCUT2D eigenvalue weighted by Gasteiger charge is -1.78. The average Bonchev–Trinajstić information content (AvgIpc) is 2.12. The summed E-state index contributed by atoms with van der Waals surface area (Å²) >= 11 is 5.00. The van der Waals surface area contributed by atoms with E-state index in [9.17, 15) is 5.11 Å². The molecular formula is C4H2ClN2O. The molecule has 3 nitrogen and oxygen atoms in total. The number of rotatable bonds is 0. The highest BCUT2D eigenvalue weighted by atomic mass is 35.5. The van der Waals surface area contributed by atoms with Gasteiger partial charge in [-0.15, -0.1) is 5.11 Å². The molecule has 0 saturated heterocycles. The summed E-state index contributed by atoms with van der Waals surface area (Å²) in [6.45, 7) is 0. The van der Waals surface area contributed by atoms with Gasteiger partial charge in [0.25, 0.3) is 5.22 Å². The lowest BCUT2D eigenvalue weighted by atomic mass is 10.5. The Hall–Kier alpha value is -0.830. The third-order valence-electron chi connectivity index (χ3n) is 0.666. The van der Waals surface area contributed by atoms with Crippen LogP contribution >= 0.6 is 11.6 Å². The first-order valence-corrected chi connectivity index (χ1v) is 2.32. The van der Waals surface area contributed by atoms with Gasteiger partial charge < -0.3 is 0 Å². The Morgan fingerprint density at radius 2 is 2.50 bits per heavy atom. The first-order chi connectivity index (χ1) is 3.80.